The Morgan fingerprint density at radius 2 is 1.79 bits per heavy atom. The smallest absolute Gasteiger partial charge is 0.342 e. The zero-order valence-corrected chi connectivity index (χ0v) is 14.9. The molecule has 0 aliphatic heterocycles. The van der Waals surface area contributed by atoms with Crippen LogP contribution in [0.2, 0.25) is 0 Å². The highest BCUT2D eigenvalue weighted by Gasteiger charge is 2.22. The average Bonchev–Trinajstić information content (AvgIpc) is 2.57. The van der Waals surface area contributed by atoms with Gasteiger partial charge in [-0.15, -0.1) is 0 Å². The van der Waals surface area contributed by atoms with Gasteiger partial charge < -0.3 is 15.2 Å². The highest BCUT2D eigenvalue weighted by atomic mass is 79.9. The molecule has 0 radical (unpaired) electrons. The molecule has 2 unspecified atom stereocenters. The van der Waals surface area contributed by atoms with Crippen LogP contribution in [0.1, 0.15) is 35.8 Å². The van der Waals surface area contributed by atoms with Gasteiger partial charge >= 0.3 is 5.97 Å². The Balaban J connectivity index is 1.98. The van der Waals surface area contributed by atoms with Gasteiger partial charge in [-0.1, -0.05) is 46.3 Å². The Labute approximate surface area is 148 Å². The highest BCUT2D eigenvalue weighted by Crippen LogP contribution is 2.23. The number of esters is 1. The number of aromatic hydroxyl groups is 1. The summed E-state index contributed by atoms with van der Waals surface area (Å²) in [6, 6.07) is 13.7. The third kappa shape index (κ3) is 4.58. The van der Waals surface area contributed by atoms with Crippen LogP contribution in [0, 0.1) is 0 Å². The van der Waals surface area contributed by atoms with Gasteiger partial charge in [0.15, 0.2) is 6.10 Å². The number of amides is 1. The van der Waals surface area contributed by atoms with Crippen LogP contribution in [0.3, 0.4) is 0 Å². The molecule has 0 spiro atoms. The van der Waals surface area contributed by atoms with Gasteiger partial charge in [0.25, 0.3) is 5.91 Å². The molecule has 5 nitrogen and oxygen atoms in total. The van der Waals surface area contributed by atoms with Crippen LogP contribution >= 0.6 is 15.9 Å². The van der Waals surface area contributed by atoms with Crippen LogP contribution in [0.5, 0.6) is 5.75 Å². The first-order valence-corrected chi connectivity index (χ1v) is 8.22. The predicted octanol–water partition coefficient (Wildman–Crippen LogP) is 3.58. The maximum Gasteiger partial charge on any atom is 0.342 e. The number of phenols is 1. The average molecular weight is 392 g/mol. The van der Waals surface area contributed by atoms with E-state index in [1.54, 1.807) is 6.07 Å². The van der Waals surface area contributed by atoms with Gasteiger partial charge in [-0.25, -0.2) is 4.79 Å². The summed E-state index contributed by atoms with van der Waals surface area (Å²) < 4.78 is 5.77. The highest BCUT2D eigenvalue weighted by molar-refractivity contribution is 9.10. The first kappa shape index (κ1) is 18.0. The second-order valence-corrected chi connectivity index (χ2v) is 6.27. The van der Waals surface area contributed by atoms with E-state index in [1.807, 2.05) is 37.3 Å². The molecule has 2 aromatic carbocycles. The second-order valence-electron chi connectivity index (χ2n) is 5.35. The Morgan fingerprint density at radius 1 is 1.12 bits per heavy atom. The first-order valence-electron chi connectivity index (χ1n) is 7.43. The molecule has 2 rings (SSSR count). The van der Waals surface area contributed by atoms with Gasteiger partial charge in [0.1, 0.15) is 11.3 Å². The van der Waals surface area contributed by atoms with E-state index in [0.717, 1.165) is 5.56 Å². The van der Waals surface area contributed by atoms with Crippen molar-refractivity contribution in [1.29, 1.82) is 0 Å². The van der Waals surface area contributed by atoms with Crippen molar-refractivity contribution in [3.05, 3.63) is 64.1 Å². The quantitative estimate of drug-likeness (QED) is 0.763. The summed E-state index contributed by atoms with van der Waals surface area (Å²) >= 11 is 3.22. The molecule has 2 aromatic rings. The molecule has 0 saturated carbocycles. The number of hydrogen-bond acceptors (Lipinski definition) is 4. The Morgan fingerprint density at radius 3 is 2.46 bits per heavy atom. The SMILES string of the molecule is CC(OC(=O)c1cc(Br)ccc1O)C(=O)NC(C)c1ccccc1. The van der Waals surface area contributed by atoms with Crippen LogP contribution in [0.15, 0.2) is 53.0 Å². The van der Waals surface area contributed by atoms with Crippen LogP contribution < -0.4 is 5.32 Å². The van der Waals surface area contributed by atoms with Crippen molar-refractivity contribution in [2.75, 3.05) is 0 Å². The molecule has 1 amide bonds. The van der Waals surface area contributed by atoms with E-state index in [0.29, 0.717) is 4.47 Å². The summed E-state index contributed by atoms with van der Waals surface area (Å²) in [7, 11) is 0. The zero-order valence-electron chi connectivity index (χ0n) is 13.3. The molecule has 0 aliphatic rings. The summed E-state index contributed by atoms with van der Waals surface area (Å²) in [5.41, 5.74) is 0.953. The van der Waals surface area contributed by atoms with Crippen molar-refractivity contribution >= 4 is 27.8 Å². The fraction of sp³-hybridized carbons (Fsp3) is 0.222. The minimum absolute atomic E-state index is 0.000123. The Kier molecular flexibility index (Phi) is 5.98. The number of hydrogen-bond donors (Lipinski definition) is 2. The molecule has 2 atom stereocenters. The van der Waals surface area contributed by atoms with E-state index < -0.39 is 18.0 Å². The Hall–Kier alpha value is -2.34. The predicted molar refractivity (Wildman–Crippen MR) is 93.7 cm³/mol. The lowest BCUT2D eigenvalue weighted by Gasteiger charge is -2.18. The topological polar surface area (TPSA) is 75.6 Å². The van der Waals surface area contributed by atoms with Gasteiger partial charge in [-0.05, 0) is 37.6 Å². The normalized spacial score (nSPS) is 13.0. The van der Waals surface area contributed by atoms with Gasteiger partial charge in [0.2, 0.25) is 0 Å². The maximum atomic E-state index is 12.2. The largest absolute Gasteiger partial charge is 0.507 e. The van der Waals surface area contributed by atoms with Crippen molar-refractivity contribution in [2.45, 2.75) is 26.0 Å². The molecule has 0 saturated heterocycles. The van der Waals surface area contributed by atoms with Crippen LogP contribution in [-0.2, 0) is 9.53 Å². The van der Waals surface area contributed by atoms with Crippen LogP contribution in [0.4, 0.5) is 0 Å². The minimum atomic E-state index is -0.984. The van der Waals surface area contributed by atoms with Gasteiger partial charge in [-0.2, -0.15) is 0 Å². The first-order chi connectivity index (χ1) is 11.4. The number of carbonyl (C=O) groups is 2. The summed E-state index contributed by atoms with van der Waals surface area (Å²) in [4.78, 5) is 24.3. The zero-order chi connectivity index (χ0) is 17.7. The van der Waals surface area contributed by atoms with E-state index in [4.69, 9.17) is 4.74 Å². The summed E-state index contributed by atoms with van der Waals surface area (Å²) in [5.74, 6) is -1.37. The lowest BCUT2D eigenvalue weighted by molar-refractivity contribution is -0.129. The molecule has 24 heavy (non-hydrogen) atoms. The molecule has 0 bridgehead atoms. The monoisotopic (exact) mass is 391 g/mol. The van der Waals surface area contributed by atoms with E-state index >= 15 is 0 Å². The number of carbonyl (C=O) groups excluding carboxylic acids is 2. The van der Waals surface area contributed by atoms with Crippen LogP contribution in [-0.4, -0.2) is 23.1 Å². The molecule has 2 N–H and O–H groups in total. The number of nitrogens with one attached hydrogen (secondary N) is 1. The van der Waals surface area contributed by atoms with E-state index in [1.165, 1.54) is 19.1 Å². The summed E-state index contributed by atoms with van der Waals surface area (Å²) in [5, 5.41) is 12.5. The molecule has 0 aliphatic carbocycles. The lowest BCUT2D eigenvalue weighted by atomic mass is 10.1. The summed E-state index contributed by atoms with van der Waals surface area (Å²) in [6.45, 7) is 3.34. The van der Waals surface area contributed by atoms with Gasteiger partial charge in [-0.3, -0.25) is 4.79 Å². The number of benzene rings is 2. The number of ether oxygens (including phenoxy) is 1. The molecule has 0 fully saturated rings. The number of rotatable bonds is 5. The summed E-state index contributed by atoms with van der Waals surface area (Å²) in [6.07, 6.45) is -0.984. The van der Waals surface area contributed by atoms with E-state index in [-0.39, 0.29) is 17.4 Å². The van der Waals surface area contributed by atoms with E-state index in [9.17, 15) is 14.7 Å². The fourth-order valence-electron chi connectivity index (χ4n) is 2.11. The molecular formula is C18H18BrNO4. The molecule has 0 aromatic heterocycles. The van der Waals surface area contributed by atoms with Crippen molar-refractivity contribution in [2.24, 2.45) is 0 Å². The van der Waals surface area contributed by atoms with Gasteiger partial charge in [0, 0.05) is 4.47 Å². The van der Waals surface area contributed by atoms with Crippen molar-refractivity contribution < 1.29 is 19.4 Å². The minimum Gasteiger partial charge on any atom is -0.507 e. The maximum absolute atomic E-state index is 12.2. The van der Waals surface area contributed by atoms with Crippen molar-refractivity contribution in [3.63, 3.8) is 0 Å². The van der Waals surface area contributed by atoms with Gasteiger partial charge in [0.05, 0.1) is 6.04 Å². The molecule has 6 heteroatoms. The number of phenolic OH excluding ortho intramolecular Hbond substituents is 1. The fourth-order valence-corrected chi connectivity index (χ4v) is 2.47. The third-order valence-electron chi connectivity index (χ3n) is 3.49. The van der Waals surface area contributed by atoms with Crippen LogP contribution in [0.25, 0.3) is 0 Å². The molecule has 126 valence electrons. The van der Waals surface area contributed by atoms with Crippen molar-refractivity contribution in [3.8, 4) is 5.75 Å². The Bertz CT molecular complexity index is 733. The number of halogens is 1. The second kappa shape index (κ2) is 7.97. The molecular weight excluding hydrogens is 374 g/mol. The van der Waals surface area contributed by atoms with Crippen molar-refractivity contribution in [1.82, 2.24) is 5.32 Å². The molecule has 0 heterocycles. The van der Waals surface area contributed by atoms with E-state index in [2.05, 4.69) is 21.2 Å². The third-order valence-corrected chi connectivity index (χ3v) is 3.98. The lowest BCUT2D eigenvalue weighted by Crippen LogP contribution is -2.37. The standard InChI is InChI=1S/C18H18BrNO4/c1-11(13-6-4-3-5-7-13)20-17(22)12(2)24-18(23)15-10-14(19)8-9-16(15)21/h3-12,21H,1-2H3,(H,20,22).